The Hall–Kier alpha value is 2.53. The van der Waals surface area contributed by atoms with E-state index in [0.29, 0.717) is 0 Å². The van der Waals surface area contributed by atoms with Crippen LogP contribution in [0.4, 0.5) is 0 Å². The van der Waals surface area contributed by atoms with Gasteiger partial charge in [-0.1, -0.05) is 0 Å². The minimum absolute atomic E-state index is 0. The summed E-state index contributed by atoms with van der Waals surface area (Å²) in [5.74, 6) is 0. The molecule has 0 amide bonds. The van der Waals surface area contributed by atoms with E-state index in [9.17, 15) is 0 Å². The fraction of sp³-hybridized carbons (Fsp3) is 1.00. The van der Waals surface area contributed by atoms with E-state index in [0.717, 1.165) is 0 Å². The zero-order chi connectivity index (χ0) is 4.12. The quantitative estimate of drug-likeness (QED) is 0.521. The maximum atomic E-state index is 1.51. The number of hydrogen-bond acceptors (Lipinski definition) is 0. The van der Waals surface area contributed by atoms with Crippen LogP contribution in [-0.4, -0.2) is 85.5 Å². The van der Waals surface area contributed by atoms with E-state index in [1.54, 1.807) is 0 Å². The van der Waals surface area contributed by atoms with Crippen LogP contribution in [0.2, 0.25) is 8.35 Å². The molecule has 8 heavy (non-hydrogen) atoms. The second-order valence-electron chi connectivity index (χ2n) is 0.931. The summed E-state index contributed by atoms with van der Waals surface area (Å²) in [7, 11) is 0. The predicted octanol–water partition coefficient (Wildman–Crippen LogP) is -1.48. The average Bonchev–Trinajstić information content (AvgIpc) is 1.41. The molecule has 7 radical (unpaired) electrons. The molecule has 0 aliphatic heterocycles. The van der Waals surface area contributed by atoms with Gasteiger partial charge in [0.1, 0.15) is 0 Å². The second kappa shape index (κ2) is 22.7. The Bertz CT molecular complexity index is 20.0. The molecule has 0 aromatic rings. The molecular weight excluding hydrogens is 412 g/mol. The van der Waals surface area contributed by atoms with Crippen LogP contribution >= 0.6 is 0 Å². The van der Waals surface area contributed by atoms with Crippen molar-refractivity contribution in [2.24, 2.45) is 0 Å². The predicted molar refractivity (Wildman–Crippen MR) is 38.7 cm³/mol. The summed E-state index contributed by atoms with van der Waals surface area (Å²) in [5, 5.41) is 0. The van der Waals surface area contributed by atoms with E-state index < -0.39 is 0 Å². The Balaban J connectivity index is -0.0000000267. The Morgan fingerprint density at radius 1 is 0.875 bits per heavy atom. The van der Waals surface area contributed by atoms with E-state index in [1.807, 2.05) is 0 Å². The molecule has 43 valence electrons. The molecule has 0 unspecified atom stereocenters. The van der Waals surface area contributed by atoms with Crippen LogP contribution in [-0.2, 0) is 0 Å². The monoisotopic (exact) mass is 423 g/mol. The van der Waals surface area contributed by atoms with Crippen LogP contribution in [0.1, 0.15) is 6.42 Å². The first kappa shape index (κ1) is 22.4. The van der Waals surface area contributed by atoms with Gasteiger partial charge >= 0.3 is 63.5 Å². The van der Waals surface area contributed by atoms with E-state index in [1.165, 1.54) is 63.5 Å². The van der Waals surface area contributed by atoms with Gasteiger partial charge in [0.15, 0.2) is 0 Å². The standard InChI is InChI=1S/C3H6.3In.2H2O/c1-3-2;;;;;/h1-3H2;;;;2*1H2. The Morgan fingerprint density at radius 3 is 1.12 bits per heavy atom. The van der Waals surface area contributed by atoms with Crippen molar-refractivity contribution < 1.29 is 11.0 Å². The molecule has 0 saturated heterocycles. The van der Waals surface area contributed by atoms with Gasteiger partial charge in [0.05, 0.1) is 0 Å². The molecule has 0 atom stereocenters. The summed E-state index contributed by atoms with van der Waals surface area (Å²) in [6.45, 7) is 0. The Kier molecular flexibility index (Phi) is 63.6. The molecular formula is C3H10In3O2. The average molecular weight is 423 g/mol. The molecule has 4 N–H and O–H groups in total. The summed E-state index contributed by atoms with van der Waals surface area (Å²) in [5.41, 5.74) is 0. The molecule has 0 aliphatic rings. The van der Waals surface area contributed by atoms with E-state index >= 15 is 0 Å². The van der Waals surface area contributed by atoms with Crippen molar-refractivity contribution in [2.45, 2.75) is 14.8 Å². The Labute approximate surface area is 98.7 Å². The van der Waals surface area contributed by atoms with Crippen molar-refractivity contribution in [3.05, 3.63) is 0 Å². The van der Waals surface area contributed by atoms with Crippen LogP contribution in [0.3, 0.4) is 0 Å². The molecule has 0 saturated carbocycles. The van der Waals surface area contributed by atoms with Gasteiger partial charge in [0.25, 0.3) is 0 Å². The number of hydrogen-bond donors (Lipinski definition) is 0. The summed E-state index contributed by atoms with van der Waals surface area (Å²) in [6, 6.07) is 0. The fourth-order valence-electron chi connectivity index (χ4n) is 0.118. The summed E-state index contributed by atoms with van der Waals surface area (Å²) >= 11 is 2.94. The van der Waals surface area contributed by atoms with Crippen LogP contribution in [0.5, 0.6) is 0 Å². The first-order chi connectivity index (χ1) is 2.41. The van der Waals surface area contributed by atoms with Crippen LogP contribution < -0.4 is 0 Å². The topological polar surface area (TPSA) is 63.0 Å². The third kappa shape index (κ3) is 23.6. The second-order valence-corrected chi connectivity index (χ2v) is 4.23. The van der Waals surface area contributed by atoms with Gasteiger partial charge in [0, 0.05) is 25.8 Å². The van der Waals surface area contributed by atoms with Gasteiger partial charge in [-0.2, -0.15) is 0 Å². The molecule has 0 rings (SSSR count). The Morgan fingerprint density at radius 2 is 1.12 bits per heavy atom. The molecule has 0 bridgehead atoms. The zero-order valence-corrected chi connectivity index (χ0v) is 14.7. The van der Waals surface area contributed by atoms with Gasteiger partial charge < -0.3 is 11.0 Å². The van der Waals surface area contributed by atoms with Crippen molar-refractivity contribution in [3.8, 4) is 0 Å². The van der Waals surface area contributed by atoms with Gasteiger partial charge in [-0.05, 0) is 0 Å². The minimum atomic E-state index is 0. The van der Waals surface area contributed by atoms with Gasteiger partial charge in [-0.3, -0.25) is 0 Å². The fourth-order valence-corrected chi connectivity index (χ4v) is 5.30. The molecule has 0 spiro atoms. The van der Waals surface area contributed by atoms with Crippen LogP contribution in [0.15, 0.2) is 0 Å². The van der Waals surface area contributed by atoms with Crippen LogP contribution in [0, 0.1) is 0 Å². The first-order valence-electron chi connectivity index (χ1n) is 1.82. The van der Waals surface area contributed by atoms with Crippen molar-refractivity contribution >= 4 is 74.6 Å². The van der Waals surface area contributed by atoms with E-state index in [-0.39, 0.29) is 36.8 Å². The van der Waals surface area contributed by atoms with Gasteiger partial charge in [-0.25, -0.2) is 0 Å². The number of rotatable bonds is 2. The third-order valence-corrected chi connectivity index (χ3v) is 2.74. The SMILES string of the molecule is O.O.[In].[In][CH2]C[CH2][In]. The summed E-state index contributed by atoms with van der Waals surface area (Å²) in [4.78, 5) is 0. The van der Waals surface area contributed by atoms with Gasteiger partial charge in [0.2, 0.25) is 0 Å². The van der Waals surface area contributed by atoms with Crippen molar-refractivity contribution in [1.82, 2.24) is 0 Å². The zero-order valence-electron chi connectivity index (χ0n) is 4.85. The van der Waals surface area contributed by atoms with Crippen LogP contribution in [0.25, 0.3) is 0 Å². The molecule has 0 aliphatic carbocycles. The van der Waals surface area contributed by atoms with E-state index in [2.05, 4.69) is 0 Å². The normalized spacial score (nSPS) is 5.00. The van der Waals surface area contributed by atoms with Crippen molar-refractivity contribution in [1.29, 1.82) is 0 Å². The van der Waals surface area contributed by atoms with Crippen molar-refractivity contribution in [2.75, 3.05) is 0 Å². The molecule has 0 aromatic carbocycles. The third-order valence-electron chi connectivity index (χ3n) is 0.408. The van der Waals surface area contributed by atoms with E-state index in [4.69, 9.17) is 0 Å². The molecule has 0 heterocycles. The molecule has 2 nitrogen and oxygen atoms in total. The first-order valence-corrected chi connectivity index (χ1v) is 6.48. The van der Waals surface area contributed by atoms with Gasteiger partial charge in [-0.15, -0.1) is 0 Å². The molecule has 0 aromatic heterocycles. The summed E-state index contributed by atoms with van der Waals surface area (Å²) in [6.07, 6.45) is 1.50. The molecule has 5 heteroatoms. The molecule has 0 fully saturated rings. The summed E-state index contributed by atoms with van der Waals surface area (Å²) < 4.78 is 3.01. The van der Waals surface area contributed by atoms with Crippen molar-refractivity contribution in [3.63, 3.8) is 0 Å². The maximum absolute atomic E-state index is 1.51.